The Bertz CT molecular complexity index is 1280. The van der Waals surface area contributed by atoms with Crippen LogP contribution < -0.4 is 9.88 Å². The maximum atomic E-state index is 13.4. The van der Waals surface area contributed by atoms with Gasteiger partial charge in [-0.05, 0) is 24.1 Å². The Morgan fingerprint density at radius 2 is 2.00 bits per heavy atom. The number of piperazine rings is 1. The van der Waals surface area contributed by atoms with Crippen molar-refractivity contribution in [1.29, 1.82) is 0 Å². The molecule has 4 N–H and O–H groups in total. The normalized spacial score (nSPS) is 16.2. The third kappa shape index (κ3) is 5.78. The van der Waals surface area contributed by atoms with Gasteiger partial charge in [0.05, 0.1) is 22.7 Å². The number of aromatic amines is 1. The van der Waals surface area contributed by atoms with Crippen molar-refractivity contribution in [3.05, 3.63) is 29.6 Å². The highest BCUT2D eigenvalue weighted by Crippen LogP contribution is 2.30. The van der Waals surface area contributed by atoms with E-state index in [4.69, 9.17) is 15.0 Å². The van der Waals surface area contributed by atoms with Gasteiger partial charge in [0.2, 0.25) is 10.2 Å². The molecule has 0 radical (unpaired) electrons. The van der Waals surface area contributed by atoms with Crippen molar-refractivity contribution in [3.63, 3.8) is 0 Å². The fraction of sp³-hybridized carbons (Fsp3) is 0.524. The number of primary sulfonamides is 1. The summed E-state index contributed by atoms with van der Waals surface area (Å²) in [6.45, 7) is 7.39. The number of hydrogen-bond donors (Lipinski definition) is 3. The van der Waals surface area contributed by atoms with Crippen molar-refractivity contribution in [3.8, 4) is 5.75 Å². The van der Waals surface area contributed by atoms with Gasteiger partial charge in [0.25, 0.3) is 10.0 Å². The minimum Gasteiger partial charge on any atom is -0.487 e. The average molecular weight is 524 g/mol. The Morgan fingerprint density at radius 3 is 2.66 bits per heavy atom. The number of nitrogens with one attached hydrogen (secondary N) is 1. The van der Waals surface area contributed by atoms with Crippen LogP contribution in [0.2, 0.25) is 0 Å². The van der Waals surface area contributed by atoms with Crippen LogP contribution in [-0.2, 0) is 21.4 Å². The number of nitrogens with two attached hydrogens (primary N) is 1. The van der Waals surface area contributed by atoms with Gasteiger partial charge in [-0.15, -0.1) is 11.3 Å². The number of sulfonamides is 1. The highest BCUT2D eigenvalue weighted by molar-refractivity contribution is 7.91. The Kier molecular flexibility index (Phi) is 7.66. The Labute approximate surface area is 207 Å². The van der Waals surface area contributed by atoms with Crippen LogP contribution in [0.3, 0.4) is 0 Å². The van der Waals surface area contributed by atoms with Gasteiger partial charge in [-0.1, -0.05) is 13.8 Å². The van der Waals surface area contributed by atoms with E-state index in [1.54, 1.807) is 18.2 Å². The number of carbonyl (C=O) groups is 1. The van der Waals surface area contributed by atoms with E-state index in [1.807, 2.05) is 18.7 Å². The highest BCUT2D eigenvalue weighted by atomic mass is 32.2. The quantitative estimate of drug-likeness (QED) is 0.362. The summed E-state index contributed by atoms with van der Waals surface area (Å²) in [5, 5.41) is 25.5. The molecular formula is C21H29N7O5S2. The molecule has 0 bridgehead atoms. The summed E-state index contributed by atoms with van der Waals surface area (Å²) >= 11 is 0.971. The number of carbonyl (C=O) groups excluding carboxylic acids is 1. The molecule has 1 fully saturated rings. The van der Waals surface area contributed by atoms with E-state index >= 15 is 0 Å². The van der Waals surface area contributed by atoms with Crippen LogP contribution in [0, 0.1) is 5.92 Å². The highest BCUT2D eigenvalue weighted by Gasteiger charge is 2.34. The van der Waals surface area contributed by atoms with Crippen molar-refractivity contribution in [2.75, 3.05) is 39.3 Å². The largest absolute Gasteiger partial charge is 0.487 e. The van der Waals surface area contributed by atoms with Gasteiger partial charge in [0.1, 0.15) is 23.7 Å². The number of hydrogen-bond acceptors (Lipinski definition) is 10. The molecule has 3 heterocycles. The molecule has 35 heavy (non-hydrogen) atoms. The van der Waals surface area contributed by atoms with Crippen LogP contribution in [0.5, 0.6) is 5.75 Å². The summed E-state index contributed by atoms with van der Waals surface area (Å²) in [5.74, 6) is 0.0222. The number of amides is 1. The first-order chi connectivity index (χ1) is 16.7. The molecule has 190 valence electrons. The Morgan fingerprint density at radius 1 is 1.26 bits per heavy atom. The molecule has 2 aromatic heterocycles. The number of fused-ring (bicyclic) bond motifs is 1. The number of rotatable bonds is 9. The molecular weight excluding hydrogens is 494 g/mol. The molecule has 1 atom stereocenters. The fourth-order valence-corrected chi connectivity index (χ4v) is 5.80. The van der Waals surface area contributed by atoms with E-state index in [-0.39, 0.29) is 29.4 Å². The predicted octanol–water partition coefficient (Wildman–Crippen LogP) is 0.517. The van der Waals surface area contributed by atoms with Gasteiger partial charge in [0, 0.05) is 32.7 Å². The van der Waals surface area contributed by atoms with Gasteiger partial charge in [-0.3, -0.25) is 9.69 Å². The second-order valence-corrected chi connectivity index (χ2v) is 11.5. The van der Waals surface area contributed by atoms with Gasteiger partial charge in [-0.25, -0.2) is 18.5 Å². The number of aromatic nitrogens is 4. The minimum atomic E-state index is -3.88. The van der Waals surface area contributed by atoms with Crippen molar-refractivity contribution in [2.24, 2.45) is 11.1 Å². The zero-order valence-corrected chi connectivity index (χ0v) is 21.2. The van der Waals surface area contributed by atoms with E-state index in [2.05, 4.69) is 25.3 Å². The number of nitrogens with zero attached hydrogens (tertiary/aromatic N) is 5. The first kappa shape index (κ1) is 25.4. The van der Waals surface area contributed by atoms with Crippen LogP contribution in [0.25, 0.3) is 10.2 Å². The SMILES string of the molecule is CC(C)[C@H](C(=O)N1CCN(CCO)CC1)c1n[nH]nc1COc1ccc2nc(S(N)(=O)=O)sc2c1. The molecule has 1 aromatic carbocycles. The second kappa shape index (κ2) is 10.5. The number of aliphatic hydroxyl groups excluding tert-OH is 1. The average Bonchev–Trinajstić information content (AvgIpc) is 3.45. The van der Waals surface area contributed by atoms with Crippen molar-refractivity contribution >= 4 is 37.5 Å². The van der Waals surface area contributed by atoms with E-state index in [1.165, 1.54) is 0 Å². The summed E-state index contributed by atoms with van der Waals surface area (Å²) in [6, 6.07) is 5.04. The number of thiazole rings is 1. The van der Waals surface area contributed by atoms with Crippen molar-refractivity contribution in [1.82, 2.24) is 30.2 Å². The Balaban J connectivity index is 1.47. The van der Waals surface area contributed by atoms with Crippen LogP contribution in [0.1, 0.15) is 31.2 Å². The lowest BCUT2D eigenvalue weighted by atomic mass is 9.89. The molecule has 12 nitrogen and oxygen atoms in total. The van der Waals surface area contributed by atoms with E-state index in [0.29, 0.717) is 47.0 Å². The van der Waals surface area contributed by atoms with E-state index in [9.17, 15) is 13.2 Å². The fourth-order valence-electron chi connectivity index (χ4n) is 4.11. The van der Waals surface area contributed by atoms with Gasteiger partial charge in [-0.2, -0.15) is 15.4 Å². The number of β-amino-alcohol motifs (C(OH)–C–C–N with tert-alkyl or cyclic N) is 1. The number of H-pyrrole nitrogens is 1. The van der Waals surface area contributed by atoms with Crippen molar-refractivity contribution < 1.29 is 23.1 Å². The zero-order chi connectivity index (χ0) is 25.2. The van der Waals surface area contributed by atoms with Crippen LogP contribution in [0.15, 0.2) is 22.5 Å². The molecule has 0 aliphatic carbocycles. The second-order valence-electron chi connectivity index (χ2n) is 8.71. The lowest BCUT2D eigenvalue weighted by Crippen LogP contribution is -2.51. The van der Waals surface area contributed by atoms with Gasteiger partial charge in [0.15, 0.2) is 0 Å². The monoisotopic (exact) mass is 523 g/mol. The van der Waals surface area contributed by atoms with Crippen molar-refractivity contribution in [2.45, 2.75) is 30.7 Å². The summed E-state index contributed by atoms with van der Waals surface area (Å²) in [7, 11) is -3.88. The summed E-state index contributed by atoms with van der Waals surface area (Å²) in [5.41, 5.74) is 1.60. The first-order valence-corrected chi connectivity index (χ1v) is 13.6. The molecule has 1 amide bonds. The van der Waals surface area contributed by atoms with Crippen LogP contribution >= 0.6 is 11.3 Å². The molecule has 1 aliphatic heterocycles. The Hall–Kier alpha value is -2.65. The van der Waals surface area contributed by atoms with Gasteiger partial charge < -0.3 is 14.7 Å². The molecule has 4 rings (SSSR count). The number of ether oxygens (including phenoxy) is 1. The molecule has 1 aliphatic rings. The molecule has 0 unspecified atom stereocenters. The van der Waals surface area contributed by atoms with Crippen LogP contribution in [-0.4, -0.2) is 89.0 Å². The summed E-state index contributed by atoms with van der Waals surface area (Å²) < 4.78 is 29.5. The summed E-state index contributed by atoms with van der Waals surface area (Å²) in [6.07, 6.45) is 0. The lowest BCUT2D eigenvalue weighted by molar-refractivity contribution is -0.135. The van der Waals surface area contributed by atoms with E-state index in [0.717, 1.165) is 24.4 Å². The van der Waals surface area contributed by atoms with Crippen LogP contribution in [0.4, 0.5) is 0 Å². The third-order valence-corrected chi connectivity index (χ3v) is 8.28. The maximum Gasteiger partial charge on any atom is 0.265 e. The minimum absolute atomic E-state index is 0.000372. The molecule has 0 saturated carbocycles. The molecule has 14 heteroatoms. The standard InChI is InChI=1S/C21H29N7O5S2/c1-13(2)18(20(30)28-7-5-27(6-8-28)9-10-29)19-16(24-26-25-19)12-33-14-3-4-15-17(11-14)34-21(23-15)35(22,31)32/h3-4,11,13,18,29H,5-10,12H2,1-2H3,(H2,22,31,32)(H,24,25,26)/t18-/m0/s1. The predicted molar refractivity (Wildman–Crippen MR) is 129 cm³/mol. The number of aliphatic hydroxyl groups is 1. The first-order valence-electron chi connectivity index (χ1n) is 11.2. The smallest absolute Gasteiger partial charge is 0.265 e. The number of benzene rings is 1. The van der Waals surface area contributed by atoms with E-state index < -0.39 is 15.9 Å². The topological polar surface area (TPSA) is 168 Å². The zero-order valence-electron chi connectivity index (χ0n) is 19.5. The summed E-state index contributed by atoms with van der Waals surface area (Å²) in [4.78, 5) is 21.4. The maximum absolute atomic E-state index is 13.4. The third-order valence-electron chi connectivity index (χ3n) is 5.94. The lowest BCUT2D eigenvalue weighted by Gasteiger charge is -2.36. The van der Waals surface area contributed by atoms with Gasteiger partial charge >= 0.3 is 0 Å². The molecule has 3 aromatic rings. The molecule has 1 saturated heterocycles. The molecule has 0 spiro atoms.